The second kappa shape index (κ2) is 25.3. The van der Waals surface area contributed by atoms with Gasteiger partial charge in [-0.25, -0.2) is 19.2 Å². The van der Waals surface area contributed by atoms with Gasteiger partial charge in [-0.15, -0.1) is 0 Å². The van der Waals surface area contributed by atoms with Crippen LogP contribution in [0.3, 0.4) is 0 Å². The molecular formula is C44H66O8. The Balaban J connectivity index is 2.55. The van der Waals surface area contributed by atoms with Gasteiger partial charge in [0.2, 0.25) is 0 Å². The molecule has 0 heterocycles. The molecule has 0 aromatic heterocycles. The molecule has 0 radical (unpaired) electrons. The largest absolute Gasteiger partial charge is 0.462 e. The maximum atomic E-state index is 13.9. The quantitative estimate of drug-likeness (QED) is 0.0537. The van der Waals surface area contributed by atoms with E-state index in [0.717, 1.165) is 89.9 Å². The summed E-state index contributed by atoms with van der Waals surface area (Å²) in [5.74, 6) is -2.05. The Morgan fingerprint density at radius 2 is 0.981 bits per heavy atom. The zero-order valence-electron chi connectivity index (χ0n) is 33.2. The molecule has 0 fully saturated rings. The lowest BCUT2D eigenvalue weighted by Gasteiger charge is -2.18. The maximum Gasteiger partial charge on any atom is 0.339 e. The van der Waals surface area contributed by atoms with E-state index in [1.54, 1.807) is 30.3 Å². The number of rotatable bonds is 26. The molecule has 3 atom stereocenters. The average Bonchev–Trinajstić information content (AvgIpc) is 3.16. The maximum absolute atomic E-state index is 13.9. The highest BCUT2D eigenvalue weighted by atomic mass is 16.5. The fraction of sp³-hybridized carbons (Fsp3) is 0.636. The Hall–Kier alpha value is -3.68. The average molecular weight is 723 g/mol. The minimum Gasteiger partial charge on any atom is -0.462 e. The third-order valence-electron chi connectivity index (χ3n) is 9.39. The summed E-state index contributed by atoms with van der Waals surface area (Å²) in [5.41, 5.74) is 1.13. The van der Waals surface area contributed by atoms with Crippen LogP contribution in [0, 0.1) is 17.8 Å². The first-order valence-electron chi connectivity index (χ1n) is 20.0. The molecule has 2 aromatic rings. The van der Waals surface area contributed by atoms with Gasteiger partial charge < -0.3 is 18.9 Å². The number of carbonyl (C=O) groups is 4. The summed E-state index contributed by atoms with van der Waals surface area (Å²) >= 11 is 0. The molecule has 0 spiro atoms. The van der Waals surface area contributed by atoms with Crippen molar-refractivity contribution in [1.82, 2.24) is 0 Å². The van der Waals surface area contributed by atoms with Gasteiger partial charge in [-0.05, 0) is 72.8 Å². The van der Waals surface area contributed by atoms with Crippen LogP contribution in [0.2, 0.25) is 0 Å². The van der Waals surface area contributed by atoms with Crippen molar-refractivity contribution in [3.63, 3.8) is 0 Å². The number of hydrogen-bond donors (Lipinski definition) is 0. The lowest BCUT2D eigenvalue weighted by Crippen LogP contribution is -2.19. The molecule has 0 saturated carbocycles. The van der Waals surface area contributed by atoms with Crippen LogP contribution in [-0.4, -0.2) is 50.3 Å². The molecule has 3 unspecified atom stereocenters. The summed E-state index contributed by atoms with van der Waals surface area (Å²) in [4.78, 5) is 54.5. The van der Waals surface area contributed by atoms with E-state index in [-0.39, 0.29) is 66.4 Å². The molecule has 0 N–H and O–H groups in total. The smallest absolute Gasteiger partial charge is 0.339 e. The number of hydrogen-bond acceptors (Lipinski definition) is 8. The summed E-state index contributed by atoms with van der Waals surface area (Å²) in [6.07, 6.45) is 14.0. The van der Waals surface area contributed by atoms with Crippen molar-refractivity contribution < 1.29 is 38.1 Å². The van der Waals surface area contributed by atoms with Gasteiger partial charge in [0.1, 0.15) is 0 Å². The molecule has 0 aliphatic heterocycles. The van der Waals surface area contributed by atoms with Crippen molar-refractivity contribution in [3.05, 3.63) is 58.7 Å². The van der Waals surface area contributed by atoms with Crippen LogP contribution in [-0.2, 0) is 18.9 Å². The van der Waals surface area contributed by atoms with Crippen molar-refractivity contribution in [2.45, 2.75) is 138 Å². The third kappa shape index (κ3) is 15.5. The van der Waals surface area contributed by atoms with Crippen LogP contribution in [0.1, 0.15) is 180 Å². The zero-order valence-corrected chi connectivity index (χ0v) is 33.2. The van der Waals surface area contributed by atoms with E-state index in [1.807, 2.05) is 20.8 Å². The van der Waals surface area contributed by atoms with E-state index in [9.17, 15) is 19.2 Å². The SMILES string of the molecule is CCCCCCCOC(=O)c1cccc(-c2ccc(C(=O)OCC(C)CCCC)c(C(=O)OCC(C)CCCC)c2)c1C(=O)OCC(C)CCCC. The highest BCUT2D eigenvalue weighted by Gasteiger charge is 2.27. The molecule has 52 heavy (non-hydrogen) atoms. The first kappa shape index (κ1) is 44.5. The van der Waals surface area contributed by atoms with E-state index < -0.39 is 23.9 Å². The predicted octanol–water partition coefficient (Wildman–Crippen LogP) is 11.4. The van der Waals surface area contributed by atoms with Crippen molar-refractivity contribution in [2.75, 3.05) is 26.4 Å². The molecule has 0 aliphatic carbocycles. The number of unbranched alkanes of at least 4 members (excludes halogenated alkanes) is 7. The van der Waals surface area contributed by atoms with Crippen LogP contribution in [0.25, 0.3) is 11.1 Å². The number of esters is 4. The van der Waals surface area contributed by atoms with Crippen molar-refractivity contribution >= 4 is 23.9 Å². The molecule has 8 nitrogen and oxygen atoms in total. The van der Waals surface area contributed by atoms with Crippen molar-refractivity contribution in [1.29, 1.82) is 0 Å². The third-order valence-corrected chi connectivity index (χ3v) is 9.39. The van der Waals surface area contributed by atoms with Crippen LogP contribution in [0.4, 0.5) is 0 Å². The number of carbonyl (C=O) groups excluding carboxylic acids is 4. The fourth-order valence-corrected chi connectivity index (χ4v) is 5.98. The minimum absolute atomic E-state index is 0.0407. The molecule has 2 rings (SSSR count). The monoisotopic (exact) mass is 722 g/mol. The van der Waals surface area contributed by atoms with Crippen molar-refractivity contribution in [3.8, 4) is 11.1 Å². The predicted molar refractivity (Wildman–Crippen MR) is 208 cm³/mol. The Morgan fingerprint density at radius 1 is 0.500 bits per heavy atom. The standard InChI is InChI=1S/C44H66O8/c1-8-12-16-17-18-27-49-42(46)38-24-19-23-36(40(38)44(48)52-31-34(7)22-15-11-4)35-25-26-37(41(45)50-29-32(5)20-13-9-2)39(28-35)43(47)51-30-33(6)21-14-10-3/h19,23-26,28,32-34H,8-18,20-22,27,29-31H2,1-7H3. The first-order chi connectivity index (χ1) is 25.1. The summed E-state index contributed by atoms with van der Waals surface area (Å²) in [6.45, 7) is 15.5. The minimum atomic E-state index is -0.649. The molecule has 0 saturated heterocycles. The Kier molecular flexibility index (Phi) is 21.7. The Morgan fingerprint density at radius 3 is 1.52 bits per heavy atom. The lowest BCUT2D eigenvalue weighted by atomic mass is 9.92. The highest BCUT2D eigenvalue weighted by Crippen LogP contribution is 2.31. The van der Waals surface area contributed by atoms with Crippen LogP contribution < -0.4 is 0 Å². The van der Waals surface area contributed by atoms with Gasteiger partial charge in [-0.2, -0.15) is 0 Å². The van der Waals surface area contributed by atoms with E-state index >= 15 is 0 Å². The summed E-state index contributed by atoms with van der Waals surface area (Å²) in [7, 11) is 0. The van der Waals surface area contributed by atoms with Gasteiger partial charge >= 0.3 is 23.9 Å². The van der Waals surface area contributed by atoms with E-state index in [1.165, 1.54) is 6.07 Å². The fourth-order valence-electron chi connectivity index (χ4n) is 5.98. The summed E-state index contributed by atoms with van der Waals surface area (Å²) < 4.78 is 22.9. The van der Waals surface area contributed by atoms with Gasteiger partial charge in [0.05, 0.1) is 48.7 Å². The van der Waals surface area contributed by atoms with Crippen LogP contribution in [0.15, 0.2) is 36.4 Å². The number of ether oxygens (including phenoxy) is 4. The van der Waals surface area contributed by atoms with Crippen LogP contribution in [0.5, 0.6) is 0 Å². The second-order valence-corrected chi connectivity index (χ2v) is 14.6. The second-order valence-electron chi connectivity index (χ2n) is 14.6. The Bertz CT molecular complexity index is 1380. The summed E-state index contributed by atoms with van der Waals surface area (Å²) in [6, 6.07) is 9.71. The zero-order chi connectivity index (χ0) is 38.3. The van der Waals surface area contributed by atoms with E-state index in [4.69, 9.17) is 18.9 Å². The van der Waals surface area contributed by atoms with E-state index in [2.05, 4.69) is 27.7 Å². The molecule has 8 heteroatoms. The van der Waals surface area contributed by atoms with Gasteiger partial charge in [0, 0.05) is 0 Å². The van der Waals surface area contributed by atoms with Gasteiger partial charge in [0.15, 0.2) is 0 Å². The Labute approximate surface area is 313 Å². The molecule has 0 amide bonds. The molecule has 2 aromatic carbocycles. The molecular weight excluding hydrogens is 656 g/mol. The van der Waals surface area contributed by atoms with Gasteiger partial charge in [0.25, 0.3) is 0 Å². The highest BCUT2D eigenvalue weighted by molar-refractivity contribution is 6.09. The summed E-state index contributed by atoms with van der Waals surface area (Å²) in [5, 5.41) is 0. The van der Waals surface area contributed by atoms with Gasteiger partial charge in [-0.1, -0.05) is 131 Å². The van der Waals surface area contributed by atoms with E-state index in [0.29, 0.717) is 11.1 Å². The molecule has 0 bridgehead atoms. The topological polar surface area (TPSA) is 105 Å². The van der Waals surface area contributed by atoms with Crippen LogP contribution >= 0.6 is 0 Å². The molecule has 290 valence electrons. The first-order valence-corrected chi connectivity index (χ1v) is 20.0. The molecule has 0 aliphatic rings. The normalized spacial score (nSPS) is 12.8. The number of benzene rings is 2. The lowest BCUT2D eigenvalue weighted by molar-refractivity contribution is 0.0396. The van der Waals surface area contributed by atoms with Crippen molar-refractivity contribution in [2.24, 2.45) is 17.8 Å². The van der Waals surface area contributed by atoms with Gasteiger partial charge in [-0.3, -0.25) is 0 Å².